The predicted octanol–water partition coefficient (Wildman–Crippen LogP) is -1.70. The van der Waals surface area contributed by atoms with Crippen LogP contribution in [0.5, 0.6) is 0 Å². The summed E-state index contributed by atoms with van der Waals surface area (Å²) < 4.78 is 39.0. The van der Waals surface area contributed by atoms with E-state index in [1.54, 1.807) is 0 Å². The first-order chi connectivity index (χ1) is 2.00. The maximum absolute atomic E-state index is 9.75. The summed E-state index contributed by atoms with van der Waals surface area (Å²) in [6, 6.07) is 0. The number of hydrogen-bond donors (Lipinski definition) is 0. The normalized spacial score (nSPS) is 10.0. The molecule has 0 spiro atoms. The van der Waals surface area contributed by atoms with E-state index in [1.165, 1.54) is 0 Å². The number of rotatable bonds is 0. The van der Waals surface area contributed by atoms with Gasteiger partial charge in [0.1, 0.15) is 0 Å². The first-order valence-electron chi connectivity index (χ1n) is 0.873. The molecule has 0 unspecified atom stereocenters. The van der Waals surface area contributed by atoms with Gasteiger partial charge >= 0.3 is 58.6 Å². The Morgan fingerprint density at radius 2 is 0.833 bits per heavy atom. The van der Waals surface area contributed by atoms with Gasteiger partial charge in [-0.25, -0.2) is 0 Å². The van der Waals surface area contributed by atoms with Crippen molar-refractivity contribution >= 4 is 7.25 Å². The van der Waals surface area contributed by atoms with Gasteiger partial charge in [-0.1, -0.05) is 0 Å². The van der Waals surface area contributed by atoms with Crippen molar-refractivity contribution in [2.75, 3.05) is 0 Å². The van der Waals surface area contributed by atoms with Crippen LogP contribution >= 0.6 is 0 Å². The summed E-state index contributed by atoms with van der Waals surface area (Å²) >= 11 is 0. The van der Waals surface area contributed by atoms with Crippen molar-refractivity contribution in [3.8, 4) is 0 Å². The van der Waals surface area contributed by atoms with E-state index in [0.29, 0.717) is 0 Å². The Bertz CT molecular complexity index is 23.0. The molecule has 0 amide bonds. The summed E-state index contributed by atoms with van der Waals surface area (Å²) in [6.45, 7) is 0. The summed E-state index contributed by atoms with van der Waals surface area (Å²) in [6.07, 6.45) is 0. The molecule has 0 fully saturated rings. The Kier molecular flexibility index (Phi) is 5.95. The van der Waals surface area contributed by atoms with Crippen molar-refractivity contribution in [2.45, 2.75) is 0 Å². The van der Waals surface area contributed by atoms with Crippen LogP contribution in [0.3, 0.4) is 0 Å². The van der Waals surface area contributed by atoms with Crippen molar-refractivity contribution in [3.63, 3.8) is 0 Å². The minimum atomic E-state index is -6.00. The molecule has 0 aromatic heterocycles. The molecular formula is BF4K. The van der Waals surface area contributed by atoms with E-state index in [2.05, 4.69) is 0 Å². The van der Waals surface area contributed by atoms with Crippen molar-refractivity contribution in [2.24, 2.45) is 0 Å². The maximum Gasteiger partial charge on any atom is 1.00 e. The second-order valence-corrected chi connectivity index (χ2v) is 0.495. The Morgan fingerprint density at radius 3 is 0.833 bits per heavy atom. The van der Waals surface area contributed by atoms with E-state index in [0.717, 1.165) is 0 Å². The van der Waals surface area contributed by atoms with Gasteiger partial charge in [-0.3, -0.25) is 0 Å². The van der Waals surface area contributed by atoms with Crippen LogP contribution in [0.25, 0.3) is 0 Å². The van der Waals surface area contributed by atoms with Crippen LogP contribution < -0.4 is 51.4 Å². The smallest absolute Gasteiger partial charge is 0.418 e. The van der Waals surface area contributed by atoms with Crippen LogP contribution in [-0.2, 0) is 0 Å². The van der Waals surface area contributed by atoms with Crippen LogP contribution in [0.15, 0.2) is 0 Å². The Balaban J connectivity index is 0. The topological polar surface area (TPSA) is 0 Å². The molecule has 0 aromatic carbocycles. The third-order valence-electron chi connectivity index (χ3n) is 0. The third-order valence-corrected chi connectivity index (χ3v) is 0. The van der Waals surface area contributed by atoms with Crippen LogP contribution in [0.2, 0.25) is 0 Å². The monoisotopic (exact) mass is 126 g/mol. The zero-order valence-corrected chi connectivity index (χ0v) is 6.21. The van der Waals surface area contributed by atoms with E-state index in [4.69, 9.17) is 0 Å². The Morgan fingerprint density at radius 1 is 0.833 bits per heavy atom. The molecule has 0 aliphatic heterocycles. The number of hydrogen-bond acceptors (Lipinski definition) is 0. The standard InChI is InChI=1S/BF4.K/c2-1(3,4)5;/q-1;+1/i1+0;. The van der Waals surface area contributed by atoms with Gasteiger partial charge in [0.2, 0.25) is 0 Å². The first-order valence-corrected chi connectivity index (χ1v) is 0.873. The molecule has 0 aliphatic carbocycles. The molecule has 0 atom stereocenters. The van der Waals surface area contributed by atoms with E-state index in [9.17, 15) is 17.3 Å². The maximum atomic E-state index is 9.75. The molecule has 0 saturated heterocycles. The van der Waals surface area contributed by atoms with Gasteiger partial charge in [-0.05, 0) is 0 Å². The molecule has 0 heterocycles. The van der Waals surface area contributed by atoms with E-state index >= 15 is 0 Å². The average molecular weight is 126 g/mol. The summed E-state index contributed by atoms with van der Waals surface area (Å²) in [5.74, 6) is 0. The molecular weight excluding hydrogens is 126 g/mol. The zero-order chi connectivity index (χ0) is 4.50. The van der Waals surface area contributed by atoms with Gasteiger partial charge < -0.3 is 17.3 Å². The fourth-order valence-corrected chi connectivity index (χ4v) is 0. The van der Waals surface area contributed by atoms with E-state index in [1.807, 2.05) is 0 Å². The van der Waals surface area contributed by atoms with Gasteiger partial charge in [0.25, 0.3) is 0 Å². The second-order valence-electron chi connectivity index (χ2n) is 0.495. The molecule has 0 saturated carbocycles. The minimum absolute atomic E-state index is 0. The molecule has 0 aliphatic rings. The molecule has 0 aromatic rings. The molecule has 32 valence electrons. The minimum Gasteiger partial charge on any atom is -0.418 e. The zero-order valence-electron chi connectivity index (χ0n) is 3.09. The molecule has 0 radical (unpaired) electrons. The molecule has 0 nitrogen and oxygen atoms in total. The largest absolute Gasteiger partial charge is 1.00 e. The van der Waals surface area contributed by atoms with E-state index < -0.39 is 7.25 Å². The SMILES string of the molecule is F[11B-](F)(F)F.[K+]. The van der Waals surface area contributed by atoms with Crippen LogP contribution in [0.1, 0.15) is 0 Å². The van der Waals surface area contributed by atoms with Crippen LogP contribution in [0, 0.1) is 0 Å². The van der Waals surface area contributed by atoms with Gasteiger partial charge in [0, 0.05) is 0 Å². The Hall–Kier alpha value is 1.42. The van der Waals surface area contributed by atoms with Gasteiger partial charge in [0.15, 0.2) is 0 Å². The molecule has 6 heteroatoms. The number of halogens is 4. The van der Waals surface area contributed by atoms with Gasteiger partial charge in [0.05, 0.1) is 0 Å². The third kappa shape index (κ3) is 52.5. The molecule has 0 rings (SSSR count). The van der Waals surface area contributed by atoms with Crippen molar-refractivity contribution < 1.29 is 68.6 Å². The van der Waals surface area contributed by atoms with Crippen molar-refractivity contribution in [3.05, 3.63) is 0 Å². The molecule has 0 bridgehead atoms. The predicted molar refractivity (Wildman–Crippen MR) is 10.2 cm³/mol. The quantitative estimate of drug-likeness (QED) is 0.268. The van der Waals surface area contributed by atoms with Gasteiger partial charge in [-0.2, -0.15) is 0 Å². The fraction of sp³-hybridized carbons (Fsp3) is 0. The van der Waals surface area contributed by atoms with Crippen molar-refractivity contribution in [1.29, 1.82) is 0 Å². The summed E-state index contributed by atoms with van der Waals surface area (Å²) in [7, 11) is -6.00. The second kappa shape index (κ2) is 3.43. The van der Waals surface area contributed by atoms with E-state index in [-0.39, 0.29) is 51.4 Å². The summed E-state index contributed by atoms with van der Waals surface area (Å²) in [5.41, 5.74) is 0. The van der Waals surface area contributed by atoms with Gasteiger partial charge in [-0.15, -0.1) is 0 Å². The molecule has 6 heavy (non-hydrogen) atoms. The summed E-state index contributed by atoms with van der Waals surface area (Å²) in [4.78, 5) is 0. The average Bonchev–Trinajstić information content (AvgIpc) is 0.722. The first kappa shape index (κ1) is 10.4. The Labute approximate surface area is 74.8 Å². The molecule has 0 N–H and O–H groups in total. The van der Waals surface area contributed by atoms with Crippen LogP contribution in [-0.4, -0.2) is 7.25 Å². The summed E-state index contributed by atoms with van der Waals surface area (Å²) in [5, 5.41) is 0. The fourth-order valence-electron chi connectivity index (χ4n) is 0. The van der Waals surface area contributed by atoms with Crippen molar-refractivity contribution in [1.82, 2.24) is 0 Å². The van der Waals surface area contributed by atoms with Crippen LogP contribution in [0.4, 0.5) is 17.3 Å².